The Kier molecular flexibility index (Phi) is 2.60. The summed E-state index contributed by atoms with van der Waals surface area (Å²) in [6.45, 7) is 1.05. The molecule has 5 heteroatoms. The highest BCUT2D eigenvalue weighted by molar-refractivity contribution is 5.57. The van der Waals surface area contributed by atoms with Gasteiger partial charge < -0.3 is 19.3 Å². The van der Waals surface area contributed by atoms with E-state index in [1.165, 1.54) is 0 Å². The Morgan fingerprint density at radius 2 is 2.07 bits per heavy atom. The van der Waals surface area contributed by atoms with E-state index in [1.807, 2.05) is 0 Å². The van der Waals surface area contributed by atoms with Crippen LogP contribution in [0.5, 0.6) is 0 Å². The fourth-order valence-corrected chi connectivity index (χ4v) is 2.15. The van der Waals surface area contributed by atoms with E-state index < -0.39 is 18.0 Å². The van der Waals surface area contributed by atoms with Crippen LogP contribution in [-0.2, 0) is 14.2 Å². The monoisotopic (exact) mass is 202 g/mol. The molecular formula is C9H14O5. The molecule has 1 aliphatic heterocycles. The van der Waals surface area contributed by atoms with E-state index >= 15 is 0 Å². The highest BCUT2D eigenvalue weighted by Crippen LogP contribution is 2.37. The van der Waals surface area contributed by atoms with E-state index in [0.29, 0.717) is 19.6 Å². The van der Waals surface area contributed by atoms with Gasteiger partial charge in [-0.2, -0.15) is 0 Å². The van der Waals surface area contributed by atoms with Gasteiger partial charge >= 0.3 is 6.16 Å². The van der Waals surface area contributed by atoms with E-state index in [2.05, 4.69) is 0 Å². The zero-order valence-corrected chi connectivity index (χ0v) is 7.90. The molecule has 5 nitrogen and oxygen atoms in total. The van der Waals surface area contributed by atoms with Crippen molar-refractivity contribution in [1.29, 1.82) is 0 Å². The lowest BCUT2D eigenvalue weighted by atomic mass is 9.91. The Labute approximate surface area is 81.9 Å². The lowest BCUT2D eigenvalue weighted by Crippen LogP contribution is -2.48. The molecule has 1 saturated heterocycles. The minimum Gasteiger partial charge on any atom is -0.450 e. The summed E-state index contributed by atoms with van der Waals surface area (Å²) in [5.41, 5.74) is 0. The first-order valence-electron chi connectivity index (χ1n) is 4.90. The second kappa shape index (κ2) is 3.74. The van der Waals surface area contributed by atoms with E-state index in [9.17, 15) is 4.79 Å². The van der Waals surface area contributed by atoms with Crippen molar-refractivity contribution in [2.24, 2.45) is 0 Å². The van der Waals surface area contributed by atoms with E-state index in [1.54, 1.807) is 0 Å². The van der Waals surface area contributed by atoms with Gasteiger partial charge in [-0.05, 0) is 19.3 Å². The molecular weight excluding hydrogens is 188 g/mol. The minimum atomic E-state index is -1.25. The number of carboxylic acid groups (broad SMARTS) is 1. The predicted octanol–water partition coefficient (Wildman–Crippen LogP) is 1.37. The SMILES string of the molecule is O=C(O)OC1CCCCC12OCCO2. The van der Waals surface area contributed by atoms with Crippen molar-refractivity contribution < 1.29 is 24.1 Å². The summed E-state index contributed by atoms with van der Waals surface area (Å²) in [6.07, 6.45) is 1.66. The Morgan fingerprint density at radius 3 is 2.71 bits per heavy atom. The molecule has 0 amide bonds. The van der Waals surface area contributed by atoms with Gasteiger partial charge in [0.25, 0.3) is 0 Å². The molecule has 14 heavy (non-hydrogen) atoms. The molecule has 1 unspecified atom stereocenters. The third kappa shape index (κ3) is 1.69. The summed E-state index contributed by atoms with van der Waals surface area (Å²) in [5.74, 6) is -0.781. The lowest BCUT2D eigenvalue weighted by molar-refractivity contribution is -0.237. The predicted molar refractivity (Wildman–Crippen MR) is 46.0 cm³/mol. The average molecular weight is 202 g/mol. The number of carbonyl (C=O) groups is 1. The van der Waals surface area contributed by atoms with Crippen LogP contribution in [0.25, 0.3) is 0 Å². The second-order valence-electron chi connectivity index (χ2n) is 3.63. The molecule has 0 aromatic carbocycles. The maximum atomic E-state index is 10.5. The fourth-order valence-electron chi connectivity index (χ4n) is 2.15. The molecule has 2 aliphatic rings. The van der Waals surface area contributed by atoms with Crippen LogP contribution < -0.4 is 0 Å². The Balaban J connectivity index is 2.06. The van der Waals surface area contributed by atoms with E-state index in [-0.39, 0.29) is 0 Å². The first kappa shape index (κ1) is 9.73. The van der Waals surface area contributed by atoms with Gasteiger partial charge in [0.05, 0.1) is 13.2 Å². The van der Waals surface area contributed by atoms with Crippen molar-refractivity contribution in [1.82, 2.24) is 0 Å². The number of ether oxygens (including phenoxy) is 3. The molecule has 0 aromatic heterocycles. The third-order valence-corrected chi connectivity index (χ3v) is 2.75. The van der Waals surface area contributed by atoms with Crippen LogP contribution in [-0.4, -0.2) is 36.4 Å². The molecule has 1 aliphatic carbocycles. The van der Waals surface area contributed by atoms with Crippen molar-refractivity contribution in [3.8, 4) is 0 Å². The molecule has 0 bridgehead atoms. The molecule has 1 saturated carbocycles. The van der Waals surface area contributed by atoms with Gasteiger partial charge in [-0.25, -0.2) is 4.79 Å². The fraction of sp³-hybridized carbons (Fsp3) is 0.889. The molecule has 1 N–H and O–H groups in total. The van der Waals surface area contributed by atoms with Crippen LogP contribution in [0.2, 0.25) is 0 Å². The summed E-state index contributed by atoms with van der Waals surface area (Å²) < 4.78 is 15.8. The maximum Gasteiger partial charge on any atom is 0.506 e. The normalized spacial score (nSPS) is 30.4. The summed E-state index contributed by atoms with van der Waals surface area (Å²) in [6, 6.07) is 0. The highest BCUT2D eigenvalue weighted by Gasteiger charge is 2.48. The molecule has 1 spiro atoms. The van der Waals surface area contributed by atoms with Crippen molar-refractivity contribution >= 4 is 6.16 Å². The first-order chi connectivity index (χ1) is 6.73. The van der Waals surface area contributed by atoms with Crippen LogP contribution in [0.3, 0.4) is 0 Å². The largest absolute Gasteiger partial charge is 0.506 e. The van der Waals surface area contributed by atoms with Crippen LogP contribution in [0, 0.1) is 0 Å². The zero-order valence-electron chi connectivity index (χ0n) is 7.90. The smallest absolute Gasteiger partial charge is 0.450 e. The Hall–Kier alpha value is -0.810. The van der Waals surface area contributed by atoms with Crippen molar-refractivity contribution in [3.63, 3.8) is 0 Å². The van der Waals surface area contributed by atoms with Crippen LogP contribution >= 0.6 is 0 Å². The molecule has 1 heterocycles. The number of hydrogen-bond donors (Lipinski definition) is 1. The molecule has 80 valence electrons. The summed E-state index contributed by atoms with van der Waals surface area (Å²) in [4.78, 5) is 10.5. The van der Waals surface area contributed by atoms with Crippen LogP contribution in [0.4, 0.5) is 4.79 Å². The van der Waals surface area contributed by atoms with E-state index in [0.717, 1.165) is 19.3 Å². The molecule has 2 fully saturated rings. The lowest BCUT2D eigenvalue weighted by Gasteiger charge is -2.37. The molecule has 1 atom stereocenters. The second-order valence-corrected chi connectivity index (χ2v) is 3.63. The van der Waals surface area contributed by atoms with Gasteiger partial charge in [0.2, 0.25) is 5.79 Å². The van der Waals surface area contributed by atoms with Gasteiger partial charge in [-0.3, -0.25) is 0 Å². The van der Waals surface area contributed by atoms with E-state index in [4.69, 9.17) is 19.3 Å². The first-order valence-corrected chi connectivity index (χ1v) is 4.90. The van der Waals surface area contributed by atoms with Gasteiger partial charge in [-0.1, -0.05) is 0 Å². The third-order valence-electron chi connectivity index (χ3n) is 2.75. The number of hydrogen-bond acceptors (Lipinski definition) is 4. The summed E-state index contributed by atoms with van der Waals surface area (Å²) in [7, 11) is 0. The Bertz CT molecular complexity index is 221. The summed E-state index contributed by atoms with van der Waals surface area (Å²) >= 11 is 0. The van der Waals surface area contributed by atoms with Gasteiger partial charge in [0.1, 0.15) is 0 Å². The average Bonchev–Trinajstić information content (AvgIpc) is 2.58. The van der Waals surface area contributed by atoms with Crippen molar-refractivity contribution in [2.75, 3.05) is 13.2 Å². The zero-order chi connectivity index (χ0) is 10.0. The van der Waals surface area contributed by atoms with Gasteiger partial charge in [-0.15, -0.1) is 0 Å². The van der Waals surface area contributed by atoms with Crippen LogP contribution in [0.1, 0.15) is 25.7 Å². The number of rotatable bonds is 1. The summed E-state index contributed by atoms with van der Waals surface area (Å²) in [5, 5.41) is 8.58. The minimum absolute atomic E-state index is 0.462. The van der Waals surface area contributed by atoms with Gasteiger partial charge in [0, 0.05) is 6.42 Å². The van der Waals surface area contributed by atoms with Crippen LogP contribution in [0.15, 0.2) is 0 Å². The van der Waals surface area contributed by atoms with Gasteiger partial charge in [0.15, 0.2) is 6.10 Å². The van der Waals surface area contributed by atoms with Crippen molar-refractivity contribution in [2.45, 2.75) is 37.6 Å². The maximum absolute atomic E-state index is 10.5. The standard InChI is InChI=1S/C9H14O5/c10-8(11)14-7-3-1-2-4-9(7)12-5-6-13-9/h7H,1-6H2,(H,10,11). The van der Waals surface area contributed by atoms with Crippen molar-refractivity contribution in [3.05, 3.63) is 0 Å². The molecule has 0 radical (unpaired) electrons. The topological polar surface area (TPSA) is 65.0 Å². The quantitative estimate of drug-likeness (QED) is 0.650. The highest BCUT2D eigenvalue weighted by atomic mass is 16.8. The Morgan fingerprint density at radius 1 is 1.36 bits per heavy atom. The molecule has 0 aromatic rings. The molecule has 2 rings (SSSR count).